The number of anilines is 1. The van der Waals surface area contributed by atoms with E-state index in [-0.39, 0.29) is 11.2 Å². The van der Waals surface area contributed by atoms with Gasteiger partial charge in [-0.25, -0.2) is 4.68 Å². The van der Waals surface area contributed by atoms with Crippen LogP contribution in [0.1, 0.15) is 18.9 Å². The zero-order chi connectivity index (χ0) is 14.7. The standard InChI is InChI=1S/C15H19N3O2/c1-4-7-18-15(19)12(16)9-13(17-18)11-8-10(2)5-6-14(11)20-3/h5-6,8-9H,4,7,16H2,1-3H3. The smallest absolute Gasteiger partial charge is 0.289 e. The number of aromatic nitrogens is 2. The number of ether oxygens (including phenoxy) is 1. The first kappa shape index (κ1) is 14.1. The molecule has 0 fully saturated rings. The minimum absolute atomic E-state index is 0.201. The fourth-order valence-corrected chi connectivity index (χ4v) is 2.08. The van der Waals surface area contributed by atoms with E-state index >= 15 is 0 Å². The molecule has 0 amide bonds. The van der Waals surface area contributed by atoms with E-state index < -0.39 is 0 Å². The van der Waals surface area contributed by atoms with Gasteiger partial charge in [0.2, 0.25) is 0 Å². The summed E-state index contributed by atoms with van der Waals surface area (Å²) in [5, 5.41) is 4.39. The van der Waals surface area contributed by atoms with E-state index in [0.29, 0.717) is 18.0 Å². The van der Waals surface area contributed by atoms with E-state index in [1.165, 1.54) is 4.68 Å². The summed E-state index contributed by atoms with van der Waals surface area (Å²) < 4.78 is 6.77. The first-order valence-corrected chi connectivity index (χ1v) is 6.59. The SMILES string of the molecule is CCCn1nc(-c2cc(C)ccc2OC)cc(N)c1=O. The van der Waals surface area contributed by atoms with Crippen molar-refractivity contribution in [3.8, 4) is 17.0 Å². The van der Waals surface area contributed by atoms with Crippen LogP contribution in [0, 0.1) is 6.92 Å². The van der Waals surface area contributed by atoms with Crippen LogP contribution in [0.4, 0.5) is 5.69 Å². The number of hydrogen-bond donors (Lipinski definition) is 1. The second-order valence-corrected chi connectivity index (χ2v) is 4.72. The van der Waals surface area contributed by atoms with Gasteiger partial charge in [-0.3, -0.25) is 4.79 Å². The van der Waals surface area contributed by atoms with Gasteiger partial charge in [0.15, 0.2) is 0 Å². The molecular weight excluding hydrogens is 254 g/mol. The normalized spacial score (nSPS) is 10.6. The van der Waals surface area contributed by atoms with E-state index in [0.717, 1.165) is 17.5 Å². The maximum Gasteiger partial charge on any atom is 0.289 e. The Hall–Kier alpha value is -2.30. The summed E-state index contributed by atoms with van der Waals surface area (Å²) >= 11 is 0. The Morgan fingerprint density at radius 2 is 2.10 bits per heavy atom. The van der Waals surface area contributed by atoms with E-state index in [1.807, 2.05) is 32.0 Å². The molecular formula is C15H19N3O2. The molecule has 0 atom stereocenters. The Morgan fingerprint density at radius 1 is 1.35 bits per heavy atom. The topological polar surface area (TPSA) is 70.1 Å². The zero-order valence-corrected chi connectivity index (χ0v) is 12.0. The second-order valence-electron chi connectivity index (χ2n) is 4.72. The van der Waals surface area contributed by atoms with Gasteiger partial charge in [0, 0.05) is 12.1 Å². The van der Waals surface area contributed by atoms with Crippen molar-refractivity contribution in [3.63, 3.8) is 0 Å². The molecule has 0 spiro atoms. The molecule has 5 heteroatoms. The van der Waals surface area contributed by atoms with Crippen LogP contribution >= 0.6 is 0 Å². The van der Waals surface area contributed by atoms with Crippen LogP contribution in [0.2, 0.25) is 0 Å². The first-order valence-electron chi connectivity index (χ1n) is 6.59. The van der Waals surface area contributed by atoms with Gasteiger partial charge in [-0.15, -0.1) is 0 Å². The number of aryl methyl sites for hydroxylation is 2. The largest absolute Gasteiger partial charge is 0.496 e. The lowest BCUT2D eigenvalue weighted by Crippen LogP contribution is -2.25. The number of benzene rings is 1. The Bertz CT molecular complexity index is 677. The third-order valence-electron chi connectivity index (χ3n) is 3.07. The summed E-state index contributed by atoms with van der Waals surface area (Å²) in [7, 11) is 1.61. The molecule has 0 bridgehead atoms. The molecule has 106 valence electrons. The van der Waals surface area contributed by atoms with Crippen LogP contribution in [-0.4, -0.2) is 16.9 Å². The molecule has 0 saturated carbocycles. The highest BCUT2D eigenvalue weighted by atomic mass is 16.5. The molecule has 2 N–H and O–H groups in total. The minimum Gasteiger partial charge on any atom is -0.496 e. The van der Waals surface area contributed by atoms with E-state index in [4.69, 9.17) is 10.5 Å². The Kier molecular flexibility index (Phi) is 4.08. The summed E-state index contributed by atoms with van der Waals surface area (Å²) in [6.45, 7) is 4.53. The number of methoxy groups -OCH3 is 1. The highest BCUT2D eigenvalue weighted by Gasteiger charge is 2.11. The molecule has 0 aliphatic rings. The summed E-state index contributed by atoms with van der Waals surface area (Å²) in [6, 6.07) is 7.43. The predicted molar refractivity (Wildman–Crippen MR) is 79.9 cm³/mol. The molecule has 1 heterocycles. The van der Waals surface area contributed by atoms with Gasteiger partial charge in [-0.05, 0) is 31.5 Å². The van der Waals surface area contributed by atoms with E-state index in [1.54, 1.807) is 13.2 Å². The Labute approximate surface area is 118 Å². The second kappa shape index (κ2) is 5.77. The lowest BCUT2D eigenvalue weighted by Gasteiger charge is -2.11. The van der Waals surface area contributed by atoms with Crippen LogP contribution < -0.4 is 16.0 Å². The van der Waals surface area contributed by atoms with E-state index in [9.17, 15) is 4.79 Å². The molecule has 0 unspecified atom stereocenters. The number of nitrogen functional groups attached to an aromatic ring is 1. The number of rotatable bonds is 4. The third kappa shape index (κ3) is 2.66. The maximum absolute atomic E-state index is 11.9. The van der Waals surface area contributed by atoms with Crippen LogP contribution in [-0.2, 0) is 6.54 Å². The fraction of sp³-hybridized carbons (Fsp3) is 0.333. The monoisotopic (exact) mass is 273 g/mol. The Balaban J connectivity index is 2.63. The summed E-state index contributed by atoms with van der Waals surface area (Å²) in [4.78, 5) is 11.9. The van der Waals surface area contributed by atoms with Gasteiger partial charge >= 0.3 is 0 Å². The van der Waals surface area contributed by atoms with Gasteiger partial charge in [-0.1, -0.05) is 18.6 Å². The van der Waals surface area contributed by atoms with Gasteiger partial charge in [0.1, 0.15) is 11.4 Å². The van der Waals surface area contributed by atoms with Crippen molar-refractivity contribution < 1.29 is 4.74 Å². The lowest BCUT2D eigenvalue weighted by atomic mass is 10.1. The molecule has 0 aliphatic heterocycles. The average molecular weight is 273 g/mol. The van der Waals surface area contributed by atoms with Crippen molar-refractivity contribution in [2.45, 2.75) is 26.8 Å². The van der Waals surface area contributed by atoms with Crippen molar-refractivity contribution >= 4 is 5.69 Å². The van der Waals surface area contributed by atoms with Gasteiger partial charge in [0.05, 0.1) is 12.8 Å². The van der Waals surface area contributed by atoms with Crippen molar-refractivity contribution in [1.29, 1.82) is 0 Å². The molecule has 5 nitrogen and oxygen atoms in total. The predicted octanol–water partition coefficient (Wildman–Crippen LogP) is 2.22. The third-order valence-corrected chi connectivity index (χ3v) is 3.07. The van der Waals surface area contributed by atoms with Gasteiger partial charge in [0.25, 0.3) is 5.56 Å². The van der Waals surface area contributed by atoms with E-state index in [2.05, 4.69) is 5.10 Å². The molecule has 0 saturated heterocycles. The molecule has 1 aromatic carbocycles. The fourth-order valence-electron chi connectivity index (χ4n) is 2.08. The summed E-state index contributed by atoms with van der Waals surface area (Å²) in [5.41, 5.74) is 8.34. The minimum atomic E-state index is -0.248. The molecule has 2 aromatic rings. The van der Waals surface area contributed by atoms with Crippen molar-refractivity contribution in [2.75, 3.05) is 12.8 Å². The van der Waals surface area contributed by atoms with Crippen LogP contribution in [0.5, 0.6) is 5.75 Å². The number of hydrogen-bond acceptors (Lipinski definition) is 4. The molecule has 0 aliphatic carbocycles. The highest BCUT2D eigenvalue weighted by molar-refractivity contribution is 5.69. The van der Waals surface area contributed by atoms with Crippen molar-refractivity contribution in [3.05, 3.63) is 40.2 Å². The van der Waals surface area contributed by atoms with Crippen molar-refractivity contribution in [2.24, 2.45) is 0 Å². The number of nitrogens with zero attached hydrogens (tertiary/aromatic N) is 2. The van der Waals surface area contributed by atoms with Crippen LogP contribution in [0.25, 0.3) is 11.3 Å². The van der Waals surface area contributed by atoms with Crippen LogP contribution in [0.15, 0.2) is 29.1 Å². The average Bonchev–Trinajstić information content (AvgIpc) is 2.43. The number of nitrogens with two attached hydrogens (primary N) is 1. The maximum atomic E-state index is 11.9. The van der Waals surface area contributed by atoms with Crippen molar-refractivity contribution in [1.82, 2.24) is 9.78 Å². The Morgan fingerprint density at radius 3 is 2.75 bits per heavy atom. The molecule has 20 heavy (non-hydrogen) atoms. The molecule has 2 rings (SSSR count). The quantitative estimate of drug-likeness (QED) is 0.927. The van der Waals surface area contributed by atoms with Gasteiger partial charge < -0.3 is 10.5 Å². The lowest BCUT2D eigenvalue weighted by molar-refractivity contribution is 0.416. The summed E-state index contributed by atoms with van der Waals surface area (Å²) in [6.07, 6.45) is 0.820. The molecule has 0 radical (unpaired) electrons. The molecule has 1 aromatic heterocycles. The van der Waals surface area contributed by atoms with Gasteiger partial charge in [-0.2, -0.15) is 5.10 Å². The zero-order valence-electron chi connectivity index (χ0n) is 12.0. The summed E-state index contributed by atoms with van der Waals surface area (Å²) in [5.74, 6) is 0.712. The van der Waals surface area contributed by atoms with Crippen LogP contribution in [0.3, 0.4) is 0 Å². The first-order chi connectivity index (χ1) is 9.56. The highest BCUT2D eigenvalue weighted by Crippen LogP contribution is 2.29.